The molecule has 0 spiro atoms. The number of hydrogen-bond acceptors (Lipinski definition) is 3. The van der Waals surface area contributed by atoms with Gasteiger partial charge >= 0.3 is 0 Å². The second-order valence-electron chi connectivity index (χ2n) is 6.49. The first kappa shape index (κ1) is 20.7. The number of hydrogen-bond donors (Lipinski definition) is 2. The molecule has 4 aromatic rings. The van der Waals surface area contributed by atoms with Crippen molar-refractivity contribution in [3.8, 4) is 11.3 Å². The summed E-state index contributed by atoms with van der Waals surface area (Å²) >= 11 is 13.6. The smallest absolute Gasteiger partial charge is 0.258 e. The highest BCUT2D eigenvalue weighted by Gasteiger charge is 2.15. The zero-order valence-corrected chi connectivity index (χ0v) is 19.3. The number of benzene rings is 3. The average Bonchev–Trinajstić information content (AvgIpc) is 2.75. The number of anilines is 1. The molecule has 0 radical (unpaired) electrons. The van der Waals surface area contributed by atoms with E-state index in [0.717, 1.165) is 25.7 Å². The Hall–Kier alpha value is -2.55. The lowest BCUT2D eigenvalue weighted by molar-refractivity contribution is 0.0979. The van der Waals surface area contributed by atoms with E-state index in [0.29, 0.717) is 16.3 Å². The van der Waals surface area contributed by atoms with Crippen LogP contribution in [0.2, 0.25) is 5.02 Å². The molecule has 0 atom stereocenters. The number of carbonyl (C=O) groups is 1. The van der Waals surface area contributed by atoms with Crippen LogP contribution in [-0.2, 0) is 0 Å². The maximum Gasteiger partial charge on any atom is 0.258 e. The molecule has 0 saturated carbocycles. The van der Waals surface area contributed by atoms with Crippen LogP contribution in [0.3, 0.4) is 0 Å². The summed E-state index contributed by atoms with van der Waals surface area (Å²) in [7, 11) is 0. The van der Waals surface area contributed by atoms with Gasteiger partial charge in [-0.1, -0.05) is 41.9 Å². The van der Waals surface area contributed by atoms with Crippen LogP contribution in [0.1, 0.15) is 10.4 Å². The van der Waals surface area contributed by atoms with Crippen LogP contribution in [0, 0.1) is 3.57 Å². The van der Waals surface area contributed by atoms with Gasteiger partial charge in [0.25, 0.3) is 5.91 Å². The second kappa shape index (κ2) is 9.07. The summed E-state index contributed by atoms with van der Waals surface area (Å²) < 4.78 is 1.12. The van der Waals surface area contributed by atoms with Crippen LogP contribution in [0.15, 0.2) is 78.9 Å². The van der Waals surface area contributed by atoms with Gasteiger partial charge < -0.3 is 5.32 Å². The van der Waals surface area contributed by atoms with Gasteiger partial charge in [0.2, 0.25) is 0 Å². The van der Waals surface area contributed by atoms with Crippen LogP contribution >= 0.6 is 46.4 Å². The summed E-state index contributed by atoms with van der Waals surface area (Å²) in [5.74, 6) is -0.299. The first-order chi connectivity index (χ1) is 14.5. The van der Waals surface area contributed by atoms with Gasteiger partial charge in [-0.05, 0) is 83.3 Å². The highest BCUT2D eigenvalue weighted by molar-refractivity contribution is 14.1. The number of thiocarbonyl (C=S) groups is 1. The second-order valence-corrected chi connectivity index (χ2v) is 8.58. The van der Waals surface area contributed by atoms with Crippen molar-refractivity contribution in [1.82, 2.24) is 10.3 Å². The van der Waals surface area contributed by atoms with Gasteiger partial charge in [-0.15, -0.1) is 0 Å². The maximum atomic E-state index is 13.1. The number of halogens is 2. The van der Waals surface area contributed by atoms with E-state index in [1.807, 2.05) is 60.7 Å². The lowest BCUT2D eigenvalue weighted by atomic mass is 10.0. The zero-order chi connectivity index (χ0) is 21.1. The molecule has 0 aliphatic rings. The summed E-state index contributed by atoms with van der Waals surface area (Å²) in [5.41, 5.74) is 3.59. The van der Waals surface area contributed by atoms with Crippen molar-refractivity contribution in [3.63, 3.8) is 0 Å². The number of rotatable bonds is 3. The molecule has 3 aromatic carbocycles. The zero-order valence-electron chi connectivity index (χ0n) is 15.5. The van der Waals surface area contributed by atoms with Crippen molar-refractivity contribution in [1.29, 1.82) is 0 Å². The average molecular weight is 544 g/mol. The number of para-hydroxylation sites is 1. The molecule has 1 amide bonds. The Balaban J connectivity index is 1.64. The van der Waals surface area contributed by atoms with Crippen molar-refractivity contribution in [3.05, 3.63) is 93.0 Å². The Kier molecular flexibility index (Phi) is 6.26. The Labute approximate surface area is 197 Å². The minimum Gasteiger partial charge on any atom is -0.332 e. The van der Waals surface area contributed by atoms with Crippen LogP contribution in [0.4, 0.5) is 5.69 Å². The largest absolute Gasteiger partial charge is 0.332 e. The molecule has 2 N–H and O–H groups in total. The van der Waals surface area contributed by atoms with Gasteiger partial charge in [-0.2, -0.15) is 0 Å². The Morgan fingerprint density at radius 1 is 0.967 bits per heavy atom. The fourth-order valence-corrected chi connectivity index (χ4v) is 3.69. The van der Waals surface area contributed by atoms with Crippen LogP contribution in [0.5, 0.6) is 0 Å². The predicted molar refractivity (Wildman–Crippen MR) is 135 cm³/mol. The van der Waals surface area contributed by atoms with Crippen molar-refractivity contribution in [2.75, 3.05) is 5.32 Å². The Bertz CT molecular complexity index is 1240. The van der Waals surface area contributed by atoms with Crippen molar-refractivity contribution >= 4 is 74.0 Å². The fraction of sp³-hybridized carbons (Fsp3) is 0. The molecule has 4 nitrogen and oxygen atoms in total. The van der Waals surface area contributed by atoms with Crippen LogP contribution in [-0.4, -0.2) is 16.0 Å². The van der Waals surface area contributed by atoms with E-state index in [-0.39, 0.29) is 11.0 Å². The highest BCUT2D eigenvalue weighted by atomic mass is 127. The van der Waals surface area contributed by atoms with Gasteiger partial charge in [-0.3, -0.25) is 10.1 Å². The third-order valence-corrected chi connectivity index (χ3v) is 5.61. The summed E-state index contributed by atoms with van der Waals surface area (Å²) in [4.78, 5) is 17.8. The molecule has 0 unspecified atom stereocenters. The van der Waals surface area contributed by atoms with E-state index in [1.165, 1.54) is 0 Å². The Morgan fingerprint density at radius 3 is 2.40 bits per heavy atom. The Morgan fingerprint density at radius 2 is 1.67 bits per heavy atom. The highest BCUT2D eigenvalue weighted by Crippen LogP contribution is 2.26. The lowest BCUT2D eigenvalue weighted by Gasteiger charge is -2.12. The first-order valence-electron chi connectivity index (χ1n) is 9.03. The van der Waals surface area contributed by atoms with E-state index < -0.39 is 0 Å². The van der Waals surface area contributed by atoms with E-state index in [2.05, 4.69) is 33.2 Å². The summed E-state index contributed by atoms with van der Waals surface area (Å²) in [6.07, 6.45) is 0. The summed E-state index contributed by atoms with van der Waals surface area (Å²) in [6, 6.07) is 24.4. The number of aromatic nitrogens is 1. The fourth-order valence-electron chi connectivity index (χ4n) is 3.00. The molecule has 0 fully saturated rings. The van der Waals surface area contributed by atoms with Crippen LogP contribution < -0.4 is 10.6 Å². The van der Waals surface area contributed by atoms with E-state index in [4.69, 9.17) is 28.8 Å². The van der Waals surface area contributed by atoms with Gasteiger partial charge in [0.15, 0.2) is 5.11 Å². The number of nitrogens with zero attached hydrogens (tertiary/aromatic N) is 1. The van der Waals surface area contributed by atoms with Crippen molar-refractivity contribution in [2.45, 2.75) is 0 Å². The quantitative estimate of drug-likeness (QED) is 0.236. The molecule has 1 aromatic heterocycles. The molecule has 4 rings (SSSR count). The number of pyridine rings is 1. The van der Waals surface area contributed by atoms with Gasteiger partial charge in [0.05, 0.1) is 16.8 Å². The van der Waals surface area contributed by atoms with Gasteiger partial charge in [-0.25, -0.2) is 4.98 Å². The molecule has 0 aliphatic heterocycles. The normalized spacial score (nSPS) is 10.6. The molecule has 0 saturated heterocycles. The monoisotopic (exact) mass is 543 g/mol. The number of nitrogens with one attached hydrogen (secondary N) is 2. The molecule has 0 bridgehead atoms. The molecule has 7 heteroatoms. The van der Waals surface area contributed by atoms with Crippen molar-refractivity contribution in [2.24, 2.45) is 0 Å². The number of amides is 1. The SMILES string of the molecule is O=C(NC(=S)Nc1ccc(I)cc1)c1cc(-c2ccc(Cl)cc2)nc2ccccc12. The lowest BCUT2D eigenvalue weighted by Crippen LogP contribution is -2.34. The van der Waals surface area contributed by atoms with Crippen LogP contribution in [0.25, 0.3) is 22.2 Å². The summed E-state index contributed by atoms with van der Waals surface area (Å²) in [5, 5.41) is 7.44. The molecule has 148 valence electrons. The van der Waals surface area contributed by atoms with Crippen molar-refractivity contribution < 1.29 is 4.79 Å². The van der Waals surface area contributed by atoms with E-state index in [1.54, 1.807) is 18.2 Å². The van der Waals surface area contributed by atoms with E-state index in [9.17, 15) is 4.79 Å². The van der Waals surface area contributed by atoms with Gasteiger partial charge in [0, 0.05) is 25.2 Å². The number of carbonyl (C=O) groups excluding carboxylic acids is 1. The standard InChI is InChI=1S/C23H15ClIN3OS/c24-15-7-5-14(6-8-15)21-13-19(18-3-1-2-4-20(18)27-21)22(29)28-23(30)26-17-11-9-16(25)10-12-17/h1-13H,(H2,26,28,29,30). The molecule has 30 heavy (non-hydrogen) atoms. The maximum absolute atomic E-state index is 13.1. The third kappa shape index (κ3) is 4.77. The molecule has 0 aliphatic carbocycles. The third-order valence-electron chi connectivity index (χ3n) is 4.43. The summed E-state index contributed by atoms with van der Waals surface area (Å²) in [6.45, 7) is 0. The topological polar surface area (TPSA) is 54.0 Å². The van der Waals surface area contributed by atoms with Gasteiger partial charge in [0.1, 0.15) is 0 Å². The first-order valence-corrected chi connectivity index (χ1v) is 10.9. The predicted octanol–water partition coefficient (Wildman–Crippen LogP) is 6.29. The molecular weight excluding hydrogens is 529 g/mol. The van der Waals surface area contributed by atoms with E-state index >= 15 is 0 Å². The minimum absolute atomic E-state index is 0.232. The number of fused-ring (bicyclic) bond motifs is 1. The molecule has 1 heterocycles. The molecular formula is C23H15ClIN3OS. The minimum atomic E-state index is -0.299.